The van der Waals surface area contributed by atoms with Gasteiger partial charge in [0.1, 0.15) is 6.54 Å². The molecule has 2 N–H and O–H groups in total. The molecule has 0 radical (unpaired) electrons. The second-order valence-electron chi connectivity index (χ2n) is 4.59. The molecule has 2 aromatic carbocycles. The molecule has 21 heavy (non-hydrogen) atoms. The fraction of sp³-hybridized carbons (Fsp3) is 0.125. The van der Waals surface area contributed by atoms with Gasteiger partial charge in [-0.3, -0.25) is 4.79 Å². The molecule has 2 aromatic rings. The Bertz CT molecular complexity index is 641. The molecule has 0 spiro atoms. The maximum atomic E-state index is 12.0. The Hall–Kier alpha value is -2.82. The van der Waals surface area contributed by atoms with E-state index >= 15 is 0 Å². The number of carboxylic acid groups (broad SMARTS) is 1. The highest BCUT2D eigenvalue weighted by atomic mass is 16.4. The quantitative estimate of drug-likeness (QED) is 0.907. The highest BCUT2D eigenvalue weighted by Crippen LogP contribution is 2.27. The van der Waals surface area contributed by atoms with Crippen molar-refractivity contribution in [3.8, 4) is 11.1 Å². The van der Waals surface area contributed by atoms with E-state index in [-0.39, 0.29) is 6.54 Å². The summed E-state index contributed by atoms with van der Waals surface area (Å²) < 4.78 is 0. The van der Waals surface area contributed by atoms with Gasteiger partial charge in [0.05, 0.1) is 5.69 Å². The third kappa shape index (κ3) is 3.82. The molecule has 0 aliphatic rings. The Morgan fingerprint density at radius 1 is 1.05 bits per heavy atom. The molecule has 0 bridgehead atoms. The maximum absolute atomic E-state index is 12.0. The standard InChI is InChI=1S/C16H16N2O3/c1-18(11-15(19)20)16(21)17-14-10-6-5-9-13(14)12-7-3-2-4-8-12/h2-10H,11H2,1H3,(H,17,21)(H,19,20). The lowest BCUT2D eigenvalue weighted by Crippen LogP contribution is -2.35. The van der Waals surface area contributed by atoms with Crippen molar-refractivity contribution in [3.63, 3.8) is 0 Å². The Balaban J connectivity index is 2.22. The first-order chi connectivity index (χ1) is 10.1. The number of carbonyl (C=O) groups excluding carboxylic acids is 1. The minimum Gasteiger partial charge on any atom is -0.480 e. The Morgan fingerprint density at radius 3 is 2.33 bits per heavy atom. The number of nitrogens with zero attached hydrogens (tertiary/aromatic N) is 1. The molecule has 108 valence electrons. The molecule has 0 saturated heterocycles. The van der Waals surface area contributed by atoms with Gasteiger partial charge in [0.2, 0.25) is 0 Å². The first-order valence-electron chi connectivity index (χ1n) is 6.46. The van der Waals surface area contributed by atoms with Gasteiger partial charge in [0, 0.05) is 12.6 Å². The number of anilines is 1. The number of aliphatic carboxylic acids is 1. The van der Waals surface area contributed by atoms with Crippen LogP contribution in [0.5, 0.6) is 0 Å². The lowest BCUT2D eigenvalue weighted by molar-refractivity contribution is -0.137. The summed E-state index contributed by atoms with van der Waals surface area (Å²) in [5.74, 6) is -1.05. The van der Waals surface area contributed by atoms with Crippen LogP contribution in [0.1, 0.15) is 0 Å². The summed E-state index contributed by atoms with van der Waals surface area (Å²) in [5.41, 5.74) is 2.51. The van der Waals surface area contributed by atoms with E-state index in [9.17, 15) is 9.59 Å². The van der Waals surface area contributed by atoms with Crippen molar-refractivity contribution >= 4 is 17.7 Å². The zero-order valence-corrected chi connectivity index (χ0v) is 11.6. The number of hydrogen-bond donors (Lipinski definition) is 2. The molecule has 2 rings (SSSR count). The fourth-order valence-electron chi connectivity index (χ4n) is 1.95. The van der Waals surface area contributed by atoms with Gasteiger partial charge in [-0.25, -0.2) is 4.79 Å². The first kappa shape index (κ1) is 14.6. The number of nitrogens with one attached hydrogen (secondary N) is 1. The van der Waals surface area contributed by atoms with Gasteiger partial charge >= 0.3 is 12.0 Å². The smallest absolute Gasteiger partial charge is 0.323 e. The van der Waals surface area contributed by atoms with Crippen LogP contribution in [0.2, 0.25) is 0 Å². The summed E-state index contributed by atoms with van der Waals surface area (Å²) in [4.78, 5) is 23.7. The van der Waals surface area contributed by atoms with Gasteiger partial charge in [-0.05, 0) is 11.6 Å². The topological polar surface area (TPSA) is 69.6 Å². The van der Waals surface area contributed by atoms with Crippen molar-refractivity contribution in [1.29, 1.82) is 0 Å². The van der Waals surface area contributed by atoms with Crippen LogP contribution in [0.15, 0.2) is 54.6 Å². The van der Waals surface area contributed by atoms with Crippen molar-refractivity contribution in [1.82, 2.24) is 4.90 Å². The van der Waals surface area contributed by atoms with E-state index in [0.717, 1.165) is 16.0 Å². The maximum Gasteiger partial charge on any atom is 0.323 e. The van der Waals surface area contributed by atoms with Crippen LogP contribution >= 0.6 is 0 Å². The lowest BCUT2D eigenvalue weighted by atomic mass is 10.0. The van der Waals surface area contributed by atoms with E-state index < -0.39 is 12.0 Å². The summed E-state index contributed by atoms with van der Waals surface area (Å²) in [7, 11) is 1.44. The molecule has 0 aliphatic heterocycles. The van der Waals surface area contributed by atoms with E-state index in [1.807, 2.05) is 48.5 Å². The number of para-hydroxylation sites is 1. The molecule has 2 amide bonds. The van der Waals surface area contributed by atoms with Crippen LogP contribution in [-0.4, -0.2) is 35.6 Å². The second kappa shape index (κ2) is 6.56. The molecule has 0 aliphatic carbocycles. The molecule has 0 heterocycles. The van der Waals surface area contributed by atoms with Crippen LogP contribution in [0.3, 0.4) is 0 Å². The van der Waals surface area contributed by atoms with Crippen LogP contribution < -0.4 is 5.32 Å². The van der Waals surface area contributed by atoms with Gasteiger partial charge in [0.25, 0.3) is 0 Å². The monoisotopic (exact) mass is 284 g/mol. The second-order valence-corrected chi connectivity index (χ2v) is 4.59. The average Bonchev–Trinajstić information content (AvgIpc) is 2.48. The molecule has 0 saturated carbocycles. The summed E-state index contributed by atoms with van der Waals surface area (Å²) in [6, 6.07) is 16.6. The Labute approximate surface area is 122 Å². The molecule has 0 fully saturated rings. The molecular weight excluding hydrogens is 268 g/mol. The van der Waals surface area contributed by atoms with Gasteiger partial charge in [0.15, 0.2) is 0 Å². The van der Waals surface area contributed by atoms with Gasteiger partial charge in [-0.2, -0.15) is 0 Å². The fourth-order valence-corrected chi connectivity index (χ4v) is 1.95. The molecule has 0 unspecified atom stereocenters. The van der Waals surface area contributed by atoms with Crippen LogP contribution in [0.4, 0.5) is 10.5 Å². The van der Waals surface area contributed by atoms with Crippen molar-refractivity contribution in [2.45, 2.75) is 0 Å². The van der Waals surface area contributed by atoms with E-state index in [1.54, 1.807) is 6.07 Å². The van der Waals surface area contributed by atoms with E-state index in [1.165, 1.54) is 7.05 Å². The molecule has 0 atom stereocenters. The van der Waals surface area contributed by atoms with Crippen molar-refractivity contribution < 1.29 is 14.7 Å². The van der Waals surface area contributed by atoms with Crippen LogP contribution in [-0.2, 0) is 4.79 Å². The number of hydrogen-bond acceptors (Lipinski definition) is 2. The SMILES string of the molecule is CN(CC(=O)O)C(=O)Nc1ccccc1-c1ccccc1. The number of carbonyl (C=O) groups is 2. The third-order valence-electron chi connectivity index (χ3n) is 2.97. The zero-order valence-electron chi connectivity index (χ0n) is 11.6. The zero-order chi connectivity index (χ0) is 15.2. The van der Waals surface area contributed by atoms with Gasteiger partial charge < -0.3 is 15.3 Å². The highest BCUT2D eigenvalue weighted by Gasteiger charge is 2.13. The van der Waals surface area contributed by atoms with Crippen molar-refractivity contribution in [2.75, 3.05) is 18.9 Å². The third-order valence-corrected chi connectivity index (χ3v) is 2.97. The Morgan fingerprint density at radius 2 is 1.67 bits per heavy atom. The Kier molecular flexibility index (Phi) is 4.56. The number of carboxylic acids is 1. The summed E-state index contributed by atoms with van der Waals surface area (Å²) in [6.07, 6.45) is 0. The molecule has 5 nitrogen and oxygen atoms in total. The van der Waals surface area contributed by atoms with Crippen molar-refractivity contribution in [2.24, 2.45) is 0 Å². The van der Waals surface area contributed by atoms with Crippen LogP contribution in [0, 0.1) is 0 Å². The normalized spacial score (nSPS) is 9.95. The molecule has 5 heteroatoms. The van der Waals surface area contributed by atoms with Crippen molar-refractivity contribution in [3.05, 3.63) is 54.6 Å². The van der Waals surface area contributed by atoms with Crippen LogP contribution in [0.25, 0.3) is 11.1 Å². The average molecular weight is 284 g/mol. The van der Waals surface area contributed by atoms with E-state index in [2.05, 4.69) is 5.32 Å². The van der Waals surface area contributed by atoms with E-state index in [0.29, 0.717) is 5.69 Å². The minimum atomic E-state index is -1.05. The first-order valence-corrected chi connectivity index (χ1v) is 6.46. The number of amides is 2. The highest BCUT2D eigenvalue weighted by molar-refractivity contribution is 5.95. The van der Waals surface area contributed by atoms with Gasteiger partial charge in [-0.15, -0.1) is 0 Å². The largest absolute Gasteiger partial charge is 0.480 e. The number of benzene rings is 2. The number of rotatable bonds is 4. The van der Waals surface area contributed by atoms with Gasteiger partial charge in [-0.1, -0.05) is 48.5 Å². The summed E-state index contributed by atoms with van der Waals surface area (Å²) in [5, 5.41) is 11.4. The van der Waals surface area contributed by atoms with E-state index in [4.69, 9.17) is 5.11 Å². The lowest BCUT2D eigenvalue weighted by Gasteiger charge is -2.17. The minimum absolute atomic E-state index is 0.348. The molecule has 0 aromatic heterocycles. The summed E-state index contributed by atoms with van der Waals surface area (Å²) in [6.45, 7) is -0.348. The predicted molar refractivity (Wildman–Crippen MR) is 81.2 cm³/mol. The number of urea groups is 1. The number of likely N-dealkylation sites (N-methyl/N-ethyl adjacent to an activating group) is 1. The summed E-state index contributed by atoms with van der Waals surface area (Å²) >= 11 is 0. The predicted octanol–water partition coefficient (Wildman–Crippen LogP) is 2.90. The molecular formula is C16H16N2O3.